The van der Waals surface area contributed by atoms with E-state index in [0.717, 1.165) is 5.56 Å². The highest BCUT2D eigenvalue weighted by atomic mass is 16.5. The van der Waals surface area contributed by atoms with Gasteiger partial charge in [-0.1, -0.05) is 12.1 Å². The molecule has 0 spiro atoms. The summed E-state index contributed by atoms with van der Waals surface area (Å²) in [5.74, 6) is 0.631. The number of nitrogens with zero attached hydrogens (tertiary/aromatic N) is 3. The fraction of sp³-hybridized carbons (Fsp3) is 0.316. The van der Waals surface area contributed by atoms with Gasteiger partial charge in [-0.25, -0.2) is 0 Å². The molecule has 1 aliphatic rings. The molecule has 1 aromatic heterocycles. The van der Waals surface area contributed by atoms with Crippen molar-refractivity contribution in [1.29, 1.82) is 5.26 Å². The summed E-state index contributed by atoms with van der Waals surface area (Å²) in [6, 6.07) is 12.5. The lowest BCUT2D eigenvalue weighted by molar-refractivity contribution is -0.134. The number of amides is 2. The largest absolute Gasteiger partial charge is 0.484 e. The van der Waals surface area contributed by atoms with Crippen LogP contribution in [0.3, 0.4) is 0 Å². The van der Waals surface area contributed by atoms with Crippen LogP contribution in [-0.2, 0) is 11.2 Å². The Kier molecular flexibility index (Phi) is 5.54. The molecule has 2 amide bonds. The van der Waals surface area contributed by atoms with E-state index in [1.54, 1.807) is 34.1 Å². The van der Waals surface area contributed by atoms with Crippen LogP contribution >= 0.6 is 0 Å². The van der Waals surface area contributed by atoms with Crippen LogP contribution in [0, 0.1) is 11.3 Å². The summed E-state index contributed by atoms with van der Waals surface area (Å²) in [5.41, 5.74) is 0.906. The van der Waals surface area contributed by atoms with Crippen molar-refractivity contribution in [3.63, 3.8) is 0 Å². The summed E-state index contributed by atoms with van der Waals surface area (Å²) in [4.78, 5) is 27.9. The molecule has 0 unspecified atom stereocenters. The Hall–Kier alpha value is -3.27. The minimum Gasteiger partial charge on any atom is -0.484 e. The van der Waals surface area contributed by atoms with Gasteiger partial charge in [0.2, 0.25) is 0 Å². The number of hydrogen-bond acceptors (Lipinski definition) is 5. The molecular formula is C19H19N3O4. The molecule has 0 aliphatic carbocycles. The van der Waals surface area contributed by atoms with Crippen LogP contribution in [0.2, 0.25) is 0 Å². The monoisotopic (exact) mass is 353 g/mol. The molecule has 1 aromatic carbocycles. The van der Waals surface area contributed by atoms with Crippen molar-refractivity contribution in [3.05, 3.63) is 54.0 Å². The number of carbonyl (C=O) groups excluding carboxylic acids is 2. The van der Waals surface area contributed by atoms with Crippen LogP contribution in [0.5, 0.6) is 5.75 Å². The third-order valence-electron chi connectivity index (χ3n) is 4.22. The lowest BCUT2D eigenvalue weighted by Crippen LogP contribution is -2.51. The first-order valence-electron chi connectivity index (χ1n) is 8.36. The summed E-state index contributed by atoms with van der Waals surface area (Å²) in [6.45, 7) is 1.82. The second-order valence-electron chi connectivity index (χ2n) is 5.92. The van der Waals surface area contributed by atoms with Gasteiger partial charge in [-0.3, -0.25) is 9.59 Å². The number of nitriles is 1. The van der Waals surface area contributed by atoms with E-state index in [2.05, 4.69) is 6.07 Å². The first kappa shape index (κ1) is 17.5. The van der Waals surface area contributed by atoms with Crippen LogP contribution in [-0.4, -0.2) is 54.4 Å². The van der Waals surface area contributed by atoms with E-state index in [0.29, 0.717) is 44.1 Å². The van der Waals surface area contributed by atoms with Gasteiger partial charge in [0.1, 0.15) is 5.75 Å². The van der Waals surface area contributed by atoms with Gasteiger partial charge in [-0.2, -0.15) is 5.26 Å². The molecule has 3 rings (SSSR count). The molecule has 7 nitrogen and oxygen atoms in total. The Morgan fingerprint density at radius 2 is 1.77 bits per heavy atom. The fourth-order valence-corrected chi connectivity index (χ4v) is 2.75. The third-order valence-corrected chi connectivity index (χ3v) is 4.22. The summed E-state index contributed by atoms with van der Waals surface area (Å²) in [6.07, 6.45) is 1.82. The number of benzene rings is 1. The fourth-order valence-electron chi connectivity index (χ4n) is 2.75. The molecule has 1 fully saturated rings. The highest BCUT2D eigenvalue weighted by Gasteiger charge is 2.26. The number of piperazine rings is 1. The minimum atomic E-state index is -0.157. The maximum atomic E-state index is 12.3. The van der Waals surface area contributed by atoms with Crippen LogP contribution in [0.1, 0.15) is 16.1 Å². The lowest BCUT2D eigenvalue weighted by atomic mass is 10.2. The van der Waals surface area contributed by atoms with Gasteiger partial charge in [0, 0.05) is 26.2 Å². The van der Waals surface area contributed by atoms with Crippen molar-refractivity contribution in [2.45, 2.75) is 6.42 Å². The number of hydrogen-bond donors (Lipinski definition) is 0. The molecule has 0 atom stereocenters. The molecule has 2 aromatic rings. The lowest BCUT2D eigenvalue weighted by Gasteiger charge is -2.34. The minimum absolute atomic E-state index is 0.0519. The normalized spacial score (nSPS) is 14.0. The smallest absolute Gasteiger partial charge is 0.289 e. The topological polar surface area (TPSA) is 86.8 Å². The first-order chi connectivity index (χ1) is 12.7. The molecule has 7 heteroatoms. The molecular weight excluding hydrogens is 334 g/mol. The van der Waals surface area contributed by atoms with Crippen LogP contribution in [0.25, 0.3) is 0 Å². The van der Waals surface area contributed by atoms with Crippen LogP contribution in [0.15, 0.2) is 47.1 Å². The third kappa shape index (κ3) is 4.22. The van der Waals surface area contributed by atoms with E-state index in [4.69, 9.17) is 14.4 Å². The Morgan fingerprint density at radius 3 is 2.38 bits per heavy atom. The zero-order valence-electron chi connectivity index (χ0n) is 14.3. The number of ether oxygens (including phenoxy) is 1. The van der Waals surface area contributed by atoms with Gasteiger partial charge in [0.05, 0.1) is 18.8 Å². The van der Waals surface area contributed by atoms with Crippen molar-refractivity contribution in [3.8, 4) is 11.8 Å². The molecule has 1 aliphatic heterocycles. The van der Waals surface area contributed by atoms with Crippen LogP contribution in [0.4, 0.5) is 0 Å². The van der Waals surface area contributed by atoms with Crippen molar-refractivity contribution in [2.24, 2.45) is 0 Å². The zero-order valence-corrected chi connectivity index (χ0v) is 14.3. The van der Waals surface area contributed by atoms with Gasteiger partial charge in [0.15, 0.2) is 12.4 Å². The van der Waals surface area contributed by atoms with Gasteiger partial charge in [0.25, 0.3) is 11.8 Å². The Morgan fingerprint density at radius 1 is 1.08 bits per heavy atom. The molecule has 0 saturated carbocycles. The molecule has 0 radical (unpaired) electrons. The van der Waals surface area contributed by atoms with E-state index >= 15 is 0 Å². The van der Waals surface area contributed by atoms with Gasteiger partial charge >= 0.3 is 0 Å². The second-order valence-corrected chi connectivity index (χ2v) is 5.92. The van der Waals surface area contributed by atoms with Gasteiger partial charge in [-0.05, 0) is 29.8 Å². The van der Waals surface area contributed by atoms with E-state index in [1.165, 1.54) is 6.26 Å². The van der Waals surface area contributed by atoms with Crippen molar-refractivity contribution < 1.29 is 18.7 Å². The molecule has 1 saturated heterocycles. The van der Waals surface area contributed by atoms with E-state index < -0.39 is 0 Å². The van der Waals surface area contributed by atoms with E-state index in [-0.39, 0.29) is 18.4 Å². The van der Waals surface area contributed by atoms with Crippen molar-refractivity contribution >= 4 is 11.8 Å². The molecule has 26 heavy (non-hydrogen) atoms. The quantitative estimate of drug-likeness (QED) is 0.817. The Balaban J connectivity index is 1.45. The van der Waals surface area contributed by atoms with E-state index in [1.807, 2.05) is 12.1 Å². The highest BCUT2D eigenvalue weighted by Crippen LogP contribution is 2.13. The summed E-state index contributed by atoms with van der Waals surface area (Å²) in [7, 11) is 0. The molecule has 2 heterocycles. The molecule has 0 bridgehead atoms. The zero-order chi connectivity index (χ0) is 18.4. The molecule has 134 valence electrons. The Bertz CT molecular complexity index is 785. The Labute approximate surface area is 151 Å². The molecule has 0 N–H and O–H groups in total. The summed E-state index contributed by atoms with van der Waals surface area (Å²) in [5, 5.41) is 8.65. The van der Waals surface area contributed by atoms with Gasteiger partial charge in [-0.15, -0.1) is 0 Å². The predicted molar refractivity (Wildman–Crippen MR) is 92.4 cm³/mol. The maximum absolute atomic E-state index is 12.3. The maximum Gasteiger partial charge on any atom is 0.289 e. The summed E-state index contributed by atoms with van der Waals surface area (Å²) >= 11 is 0. The average Bonchev–Trinajstić information content (AvgIpc) is 3.22. The van der Waals surface area contributed by atoms with Crippen molar-refractivity contribution in [2.75, 3.05) is 32.8 Å². The average molecular weight is 353 g/mol. The van der Waals surface area contributed by atoms with Gasteiger partial charge < -0.3 is 19.0 Å². The number of carbonyl (C=O) groups is 2. The summed E-state index contributed by atoms with van der Waals surface area (Å²) < 4.78 is 10.6. The number of rotatable bonds is 5. The first-order valence-corrected chi connectivity index (χ1v) is 8.36. The predicted octanol–water partition coefficient (Wildman–Crippen LogP) is 1.71. The van der Waals surface area contributed by atoms with Crippen molar-refractivity contribution in [1.82, 2.24) is 9.80 Å². The number of furan rings is 1. The SMILES string of the molecule is N#CCc1ccc(OCC(=O)N2CCN(C(=O)c3ccco3)CC2)cc1. The second kappa shape index (κ2) is 8.21. The van der Waals surface area contributed by atoms with Crippen LogP contribution < -0.4 is 4.74 Å². The van der Waals surface area contributed by atoms with E-state index in [9.17, 15) is 9.59 Å². The highest BCUT2D eigenvalue weighted by molar-refractivity contribution is 5.91. The standard InChI is InChI=1S/C19H19N3O4/c20-8-7-15-3-5-16(6-4-15)26-14-18(23)21-9-11-22(12-10-21)19(24)17-2-1-13-25-17/h1-6,13H,7,9-12,14H2.